The predicted octanol–water partition coefficient (Wildman–Crippen LogP) is 5.22. The number of fused-ring (bicyclic) bond motifs is 1. The molecule has 0 radical (unpaired) electrons. The lowest BCUT2D eigenvalue weighted by atomic mass is 9.76. The van der Waals surface area contributed by atoms with Gasteiger partial charge in [0.05, 0.1) is 11.2 Å². The van der Waals surface area contributed by atoms with Crippen LogP contribution in [0.2, 0.25) is 0 Å². The molecular formula is C29H27N3O3. The third-order valence-corrected chi connectivity index (χ3v) is 6.94. The number of rotatable bonds is 5. The Bertz CT molecular complexity index is 1400. The third kappa shape index (κ3) is 4.08. The number of phenolic OH excluding ortho intramolecular Hbond substituents is 1. The molecule has 0 bridgehead atoms. The molecule has 0 spiro atoms. The average Bonchev–Trinajstić information content (AvgIpc) is 3.29. The number of carboxylic acids is 1. The number of aliphatic carboxylic acids is 1. The number of hydrogen-bond acceptors (Lipinski definition) is 4. The molecule has 5 rings (SSSR count). The van der Waals surface area contributed by atoms with E-state index in [1.54, 1.807) is 18.3 Å². The van der Waals surface area contributed by atoms with Crippen LogP contribution in [0.1, 0.15) is 29.2 Å². The van der Waals surface area contributed by atoms with Gasteiger partial charge in [0.2, 0.25) is 0 Å². The van der Waals surface area contributed by atoms with Gasteiger partial charge >= 0.3 is 5.97 Å². The van der Waals surface area contributed by atoms with Crippen molar-refractivity contribution >= 4 is 17.7 Å². The third-order valence-electron chi connectivity index (χ3n) is 6.94. The van der Waals surface area contributed by atoms with Crippen molar-refractivity contribution in [3.05, 3.63) is 107 Å². The van der Waals surface area contributed by atoms with Crippen molar-refractivity contribution in [1.82, 2.24) is 9.78 Å². The predicted molar refractivity (Wildman–Crippen MR) is 137 cm³/mol. The maximum Gasteiger partial charge on any atom is 0.328 e. The topological polar surface area (TPSA) is 78.6 Å². The van der Waals surface area contributed by atoms with Gasteiger partial charge in [-0.05, 0) is 77.6 Å². The minimum Gasteiger partial charge on any atom is -0.508 e. The fourth-order valence-electron chi connectivity index (χ4n) is 5.12. The highest BCUT2D eigenvalue weighted by atomic mass is 16.4. The standard InChI is InChI=1S/C29H27N3O3/c1-29(23-8-3-20(4-9-23)5-14-28(34)35)26-13-12-25(33)19-22(26)16-18-32(29)24-10-6-21(7-11-24)27-15-17-30-31(27)2/h3-15,17,19,33H,16,18H2,1-2H3,(H,34,35)/b14-5+. The summed E-state index contributed by atoms with van der Waals surface area (Å²) in [6, 6.07) is 24.2. The molecule has 3 aromatic carbocycles. The Labute approximate surface area is 204 Å². The van der Waals surface area contributed by atoms with Gasteiger partial charge in [0.1, 0.15) is 5.75 Å². The number of aromatic nitrogens is 2. The van der Waals surface area contributed by atoms with E-state index in [-0.39, 0.29) is 5.75 Å². The van der Waals surface area contributed by atoms with Crippen LogP contribution in [0.3, 0.4) is 0 Å². The number of aryl methyl sites for hydroxylation is 1. The van der Waals surface area contributed by atoms with Gasteiger partial charge in [0, 0.05) is 31.6 Å². The van der Waals surface area contributed by atoms with Crippen LogP contribution in [0.5, 0.6) is 5.75 Å². The lowest BCUT2D eigenvalue weighted by Crippen LogP contribution is -2.49. The van der Waals surface area contributed by atoms with E-state index in [9.17, 15) is 9.90 Å². The summed E-state index contributed by atoms with van der Waals surface area (Å²) < 4.78 is 1.86. The molecule has 35 heavy (non-hydrogen) atoms. The largest absolute Gasteiger partial charge is 0.508 e. The Morgan fingerprint density at radius 3 is 2.43 bits per heavy atom. The van der Waals surface area contributed by atoms with Crippen molar-refractivity contribution in [2.45, 2.75) is 18.9 Å². The fourth-order valence-corrected chi connectivity index (χ4v) is 5.12. The minimum atomic E-state index is -0.970. The van der Waals surface area contributed by atoms with Gasteiger partial charge in [-0.3, -0.25) is 4.68 Å². The Balaban J connectivity index is 1.58. The van der Waals surface area contributed by atoms with Crippen LogP contribution in [0.4, 0.5) is 5.69 Å². The van der Waals surface area contributed by atoms with E-state index < -0.39 is 11.5 Å². The van der Waals surface area contributed by atoms with Gasteiger partial charge in [-0.15, -0.1) is 0 Å². The highest BCUT2D eigenvalue weighted by Gasteiger charge is 2.40. The van der Waals surface area contributed by atoms with Gasteiger partial charge in [0.15, 0.2) is 0 Å². The monoisotopic (exact) mass is 465 g/mol. The van der Waals surface area contributed by atoms with E-state index >= 15 is 0 Å². The normalized spacial score (nSPS) is 17.5. The van der Waals surface area contributed by atoms with Crippen LogP contribution in [-0.4, -0.2) is 32.5 Å². The molecule has 0 fully saturated rings. The maximum absolute atomic E-state index is 10.9. The summed E-state index contributed by atoms with van der Waals surface area (Å²) in [4.78, 5) is 13.3. The van der Waals surface area contributed by atoms with Crippen LogP contribution in [0.15, 0.2) is 85.1 Å². The molecule has 176 valence electrons. The number of carbonyl (C=O) groups is 1. The molecule has 0 saturated heterocycles. The molecule has 0 saturated carbocycles. The highest BCUT2D eigenvalue weighted by Crippen LogP contribution is 2.44. The van der Waals surface area contributed by atoms with Crippen molar-refractivity contribution in [1.29, 1.82) is 0 Å². The van der Waals surface area contributed by atoms with Crippen LogP contribution in [0, 0.1) is 0 Å². The fraction of sp³-hybridized carbons (Fsp3) is 0.172. The second-order valence-corrected chi connectivity index (χ2v) is 9.00. The highest BCUT2D eigenvalue weighted by molar-refractivity contribution is 5.85. The van der Waals surface area contributed by atoms with E-state index in [0.717, 1.165) is 58.2 Å². The molecule has 0 aliphatic carbocycles. The van der Waals surface area contributed by atoms with Gasteiger partial charge in [-0.1, -0.05) is 42.5 Å². The first-order valence-electron chi connectivity index (χ1n) is 11.6. The van der Waals surface area contributed by atoms with Crippen molar-refractivity contribution < 1.29 is 15.0 Å². The van der Waals surface area contributed by atoms with Crippen molar-refractivity contribution in [3.63, 3.8) is 0 Å². The second kappa shape index (κ2) is 8.80. The number of carboxylic acid groups (broad SMARTS) is 1. The van der Waals surface area contributed by atoms with Gasteiger partial charge in [-0.2, -0.15) is 5.10 Å². The molecule has 6 nitrogen and oxygen atoms in total. The Kier molecular flexibility index (Phi) is 5.65. The number of anilines is 1. The van der Waals surface area contributed by atoms with Gasteiger partial charge in [-0.25, -0.2) is 4.79 Å². The molecular weight excluding hydrogens is 438 g/mol. The number of benzene rings is 3. The van der Waals surface area contributed by atoms with Crippen LogP contribution in [-0.2, 0) is 23.8 Å². The Morgan fingerprint density at radius 1 is 1.03 bits per heavy atom. The summed E-state index contributed by atoms with van der Waals surface area (Å²) >= 11 is 0. The number of hydrogen-bond donors (Lipinski definition) is 2. The zero-order chi connectivity index (χ0) is 24.6. The smallest absolute Gasteiger partial charge is 0.328 e. The summed E-state index contributed by atoms with van der Waals surface area (Å²) in [5, 5.41) is 23.3. The van der Waals surface area contributed by atoms with Gasteiger partial charge < -0.3 is 15.1 Å². The van der Waals surface area contributed by atoms with Crippen LogP contribution in [0.25, 0.3) is 17.3 Å². The van der Waals surface area contributed by atoms with E-state index in [0.29, 0.717) is 0 Å². The molecule has 1 aliphatic heterocycles. The zero-order valence-electron chi connectivity index (χ0n) is 19.7. The summed E-state index contributed by atoms with van der Waals surface area (Å²) in [5.74, 6) is -0.697. The summed E-state index contributed by atoms with van der Waals surface area (Å²) in [6.45, 7) is 3.00. The van der Waals surface area contributed by atoms with Crippen LogP contribution >= 0.6 is 0 Å². The SMILES string of the molecule is Cn1nccc1-c1ccc(N2CCc3cc(O)ccc3C2(C)c2ccc(/C=C/C(=O)O)cc2)cc1. The molecule has 4 aromatic rings. The molecule has 0 amide bonds. The molecule has 2 N–H and O–H groups in total. The first kappa shape index (κ1) is 22.5. The molecule has 1 unspecified atom stereocenters. The first-order chi connectivity index (χ1) is 16.9. The van der Waals surface area contributed by atoms with Crippen molar-refractivity contribution in [2.75, 3.05) is 11.4 Å². The van der Waals surface area contributed by atoms with Gasteiger partial charge in [0.25, 0.3) is 0 Å². The minimum absolute atomic E-state index is 0.272. The van der Waals surface area contributed by atoms with E-state index in [2.05, 4.69) is 53.3 Å². The van der Waals surface area contributed by atoms with E-state index in [1.165, 1.54) is 0 Å². The molecule has 1 aromatic heterocycles. The lowest BCUT2D eigenvalue weighted by Gasteiger charge is -2.48. The summed E-state index contributed by atoms with van der Waals surface area (Å²) in [6.07, 6.45) is 5.36. The quantitative estimate of drug-likeness (QED) is 0.395. The molecule has 2 heterocycles. The Hall–Kier alpha value is -4.32. The zero-order valence-corrected chi connectivity index (χ0v) is 19.7. The summed E-state index contributed by atoms with van der Waals surface area (Å²) in [7, 11) is 1.94. The second-order valence-electron chi connectivity index (χ2n) is 9.00. The summed E-state index contributed by atoms with van der Waals surface area (Å²) in [5.41, 5.74) is 6.98. The number of nitrogens with zero attached hydrogens (tertiary/aromatic N) is 3. The molecule has 1 atom stereocenters. The average molecular weight is 466 g/mol. The van der Waals surface area contributed by atoms with E-state index in [4.69, 9.17) is 5.11 Å². The van der Waals surface area contributed by atoms with E-state index in [1.807, 2.05) is 42.1 Å². The van der Waals surface area contributed by atoms with Crippen LogP contribution < -0.4 is 4.90 Å². The molecule has 6 heteroatoms. The van der Waals surface area contributed by atoms with Crippen molar-refractivity contribution in [3.8, 4) is 17.0 Å². The van der Waals surface area contributed by atoms with Crippen molar-refractivity contribution in [2.24, 2.45) is 7.05 Å². The Morgan fingerprint density at radius 2 is 1.77 bits per heavy atom. The lowest BCUT2D eigenvalue weighted by molar-refractivity contribution is -0.131. The maximum atomic E-state index is 10.9. The number of aromatic hydroxyl groups is 1. The first-order valence-corrected chi connectivity index (χ1v) is 11.6. The molecule has 1 aliphatic rings. The number of phenols is 1.